The molecule has 0 aliphatic heterocycles. The summed E-state index contributed by atoms with van der Waals surface area (Å²) in [4.78, 5) is 0. The topological polar surface area (TPSA) is 93.5 Å². The van der Waals surface area contributed by atoms with Gasteiger partial charge in [0.05, 0.1) is 23.7 Å². The molecule has 0 unspecified atom stereocenters. The average Bonchev–Trinajstić information content (AvgIpc) is 2.34. The van der Waals surface area contributed by atoms with Crippen molar-refractivity contribution in [3.8, 4) is 5.75 Å². The summed E-state index contributed by atoms with van der Waals surface area (Å²) < 4.78 is 43.9. The van der Waals surface area contributed by atoms with E-state index in [2.05, 4.69) is 10.0 Å². The fourth-order valence-electron chi connectivity index (χ4n) is 1.60. The minimum Gasteiger partial charge on any atom is -0.491 e. The molecule has 1 aromatic rings. The molecule has 6 nitrogen and oxygen atoms in total. The standard InChI is InChI=1S/C12H20FN3O3S/c1-3-16-20(17,18)6-5-15-11-8-12(19-4-2)9(13)7-10(11)14/h7-8,15-16H,3-6,14H2,1-2H3. The molecule has 0 aliphatic rings. The number of sulfonamides is 1. The lowest BCUT2D eigenvalue weighted by Gasteiger charge is -2.12. The number of halogens is 1. The second kappa shape index (κ2) is 7.30. The minimum atomic E-state index is -3.30. The van der Waals surface area contributed by atoms with E-state index in [1.54, 1.807) is 13.8 Å². The van der Waals surface area contributed by atoms with Gasteiger partial charge in [0.1, 0.15) is 0 Å². The molecule has 0 saturated carbocycles. The van der Waals surface area contributed by atoms with Crippen LogP contribution in [-0.4, -0.2) is 33.9 Å². The maximum Gasteiger partial charge on any atom is 0.213 e. The number of hydrogen-bond acceptors (Lipinski definition) is 5. The number of nitrogen functional groups attached to an aromatic ring is 1. The van der Waals surface area contributed by atoms with Crippen LogP contribution in [0.5, 0.6) is 5.75 Å². The van der Waals surface area contributed by atoms with Crippen LogP contribution in [0.15, 0.2) is 12.1 Å². The second-order valence-electron chi connectivity index (χ2n) is 4.05. The van der Waals surface area contributed by atoms with Crippen molar-refractivity contribution in [3.63, 3.8) is 0 Å². The van der Waals surface area contributed by atoms with Crippen LogP contribution in [0.2, 0.25) is 0 Å². The van der Waals surface area contributed by atoms with E-state index in [0.717, 1.165) is 6.07 Å². The van der Waals surface area contributed by atoms with E-state index in [1.165, 1.54) is 6.07 Å². The van der Waals surface area contributed by atoms with Gasteiger partial charge in [0.2, 0.25) is 10.0 Å². The molecular weight excluding hydrogens is 285 g/mol. The predicted molar refractivity (Wildman–Crippen MR) is 77.9 cm³/mol. The van der Waals surface area contributed by atoms with Crippen LogP contribution in [0.4, 0.5) is 15.8 Å². The zero-order chi connectivity index (χ0) is 15.2. The molecule has 0 heterocycles. The van der Waals surface area contributed by atoms with E-state index in [9.17, 15) is 12.8 Å². The molecule has 114 valence electrons. The zero-order valence-corrected chi connectivity index (χ0v) is 12.4. The van der Waals surface area contributed by atoms with Gasteiger partial charge >= 0.3 is 0 Å². The highest BCUT2D eigenvalue weighted by atomic mass is 32.2. The van der Waals surface area contributed by atoms with Gasteiger partial charge in [-0.3, -0.25) is 0 Å². The summed E-state index contributed by atoms with van der Waals surface area (Å²) >= 11 is 0. The fraction of sp³-hybridized carbons (Fsp3) is 0.500. The molecular formula is C12H20FN3O3S. The number of anilines is 2. The molecule has 0 fully saturated rings. The van der Waals surface area contributed by atoms with Crippen LogP contribution in [-0.2, 0) is 10.0 Å². The van der Waals surface area contributed by atoms with E-state index >= 15 is 0 Å². The smallest absolute Gasteiger partial charge is 0.213 e. The van der Waals surface area contributed by atoms with Gasteiger partial charge in [0.25, 0.3) is 0 Å². The lowest BCUT2D eigenvalue weighted by molar-refractivity contribution is 0.322. The molecule has 1 rings (SSSR count). The van der Waals surface area contributed by atoms with E-state index in [-0.39, 0.29) is 23.7 Å². The SMILES string of the molecule is CCNS(=O)(=O)CCNc1cc(OCC)c(F)cc1N. The van der Waals surface area contributed by atoms with Crippen LogP contribution in [0.1, 0.15) is 13.8 Å². The summed E-state index contributed by atoms with van der Waals surface area (Å²) in [5, 5.41) is 2.86. The molecule has 1 aromatic carbocycles. The summed E-state index contributed by atoms with van der Waals surface area (Å²) in [5.41, 5.74) is 6.32. The lowest BCUT2D eigenvalue weighted by atomic mass is 10.2. The Labute approximate surface area is 118 Å². The highest BCUT2D eigenvalue weighted by molar-refractivity contribution is 7.89. The van der Waals surface area contributed by atoms with Crippen LogP contribution in [0, 0.1) is 5.82 Å². The van der Waals surface area contributed by atoms with Gasteiger partial charge in [-0.2, -0.15) is 0 Å². The van der Waals surface area contributed by atoms with Crippen LogP contribution in [0.3, 0.4) is 0 Å². The monoisotopic (exact) mass is 305 g/mol. The number of rotatable bonds is 8. The summed E-state index contributed by atoms with van der Waals surface area (Å²) in [7, 11) is -3.30. The average molecular weight is 305 g/mol. The number of nitrogens with two attached hydrogens (primary N) is 1. The van der Waals surface area contributed by atoms with Gasteiger partial charge in [-0.15, -0.1) is 0 Å². The Kier molecular flexibility index (Phi) is 6.03. The third-order valence-corrected chi connectivity index (χ3v) is 3.92. The van der Waals surface area contributed by atoms with Gasteiger partial charge in [-0.05, 0) is 6.92 Å². The van der Waals surface area contributed by atoms with Crippen LogP contribution >= 0.6 is 0 Å². The van der Waals surface area contributed by atoms with Gasteiger partial charge in [-0.1, -0.05) is 6.92 Å². The summed E-state index contributed by atoms with van der Waals surface area (Å²) in [5.74, 6) is -0.560. The molecule has 0 spiro atoms. The Balaban J connectivity index is 2.70. The first-order chi connectivity index (χ1) is 9.39. The Bertz CT molecular complexity index is 549. The van der Waals surface area contributed by atoms with Crippen molar-refractivity contribution in [1.29, 1.82) is 0 Å². The molecule has 0 radical (unpaired) electrons. The first-order valence-electron chi connectivity index (χ1n) is 6.32. The van der Waals surface area contributed by atoms with Gasteiger partial charge in [0.15, 0.2) is 11.6 Å². The van der Waals surface area contributed by atoms with Crippen molar-refractivity contribution < 1.29 is 17.5 Å². The largest absolute Gasteiger partial charge is 0.491 e. The zero-order valence-electron chi connectivity index (χ0n) is 11.6. The molecule has 0 bridgehead atoms. The van der Waals surface area contributed by atoms with E-state index < -0.39 is 15.8 Å². The lowest BCUT2D eigenvalue weighted by Crippen LogP contribution is -2.29. The minimum absolute atomic E-state index is 0.0822. The third-order valence-electron chi connectivity index (χ3n) is 2.45. The number of nitrogens with one attached hydrogen (secondary N) is 2. The van der Waals surface area contributed by atoms with Crippen molar-refractivity contribution in [2.45, 2.75) is 13.8 Å². The Morgan fingerprint density at radius 1 is 1.35 bits per heavy atom. The van der Waals surface area contributed by atoms with E-state index in [4.69, 9.17) is 10.5 Å². The second-order valence-corrected chi connectivity index (χ2v) is 5.97. The van der Waals surface area contributed by atoms with Crippen LogP contribution < -0.4 is 20.5 Å². The summed E-state index contributed by atoms with van der Waals surface area (Å²) in [6, 6.07) is 2.57. The quantitative estimate of drug-likeness (QED) is 0.627. The highest BCUT2D eigenvalue weighted by Crippen LogP contribution is 2.28. The predicted octanol–water partition coefficient (Wildman–Crippen LogP) is 1.16. The Morgan fingerprint density at radius 3 is 2.65 bits per heavy atom. The first-order valence-corrected chi connectivity index (χ1v) is 7.97. The molecule has 4 N–H and O–H groups in total. The van der Waals surface area contributed by atoms with Gasteiger partial charge < -0.3 is 15.8 Å². The van der Waals surface area contributed by atoms with Crippen molar-refractivity contribution in [2.24, 2.45) is 0 Å². The van der Waals surface area contributed by atoms with E-state index in [1.807, 2.05) is 0 Å². The molecule has 0 amide bonds. The van der Waals surface area contributed by atoms with Crippen LogP contribution in [0.25, 0.3) is 0 Å². The van der Waals surface area contributed by atoms with Gasteiger partial charge in [-0.25, -0.2) is 17.5 Å². The molecule has 0 atom stereocenters. The molecule has 0 saturated heterocycles. The van der Waals surface area contributed by atoms with E-state index in [0.29, 0.717) is 18.8 Å². The number of benzene rings is 1. The van der Waals surface area contributed by atoms with Crippen molar-refractivity contribution in [3.05, 3.63) is 17.9 Å². The maximum atomic E-state index is 13.5. The number of ether oxygens (including phenoxy) is 1. The summed E-state index contributed by atoms with van der Waals surface area (Å²) in [6.45, 7) is 4.28. The summed E-state index contributed by atoms with van der Waals surface area (Å²) in [6.07, 6.45) is 0. The third kappa shape index (κ3) is 4.86. The van der Waals surface area contributed by atoms with Crippen molar-refractivity contribution in [2.75, 3.05) is 36.5 Å². The normalized spacial score (nSPS) is 11.3. The molecule has 20 heavy (non-hydrogen) atoms. The highest BCUT2D eigenvalue weighted by Gasteiger charge is 2.11. The maximum absolute atomic E-state index is 13.5. The molecule has 0 aromatic heterocycles. The number of hydrogen-bond donors (Lipinski definition) is 3. The van der Waals surface area contributed by atoms with Gasteiger partial charge in [0, 0.05) is 25.2 Å². The van der Waals surface area contributed by atoms with Crippen molar-refractivity contribution >= 4 is 21.4 Å². The Hall–Kier alpha value is -1.54. The fourth-order valence-corrected chi connectivity index (χ4v) is 2.56. The Morgan fingerprint density at radius 2 is 2.05 bits per heavy atom. The molecule has 8 heteroatoms. The molecule has 0 aliphatic carbocycles. The first kappa shape index (κ1) is 16.5. The van der Waals surface area contributed by atoms with Crippen molar-refractivity contribution in [1.82, 2.24) is 4.72 Å².